The Labute approximate surface area is 90.5 Å². The zero-order valence-electron chi connectivity index (χ0n) is 9.58. The molecule has 84 valence electrons. The molecule has 0 atom stereocenters. The second kappa shape index (κ2) is 4.49. The van der Waals surface area contributed by atoms with E-state index in [9.17, 15) is 4.79 Å². The highest BCUT2D eigenvalue weighted by molar-refractivity contribution is 5.81. The standard InChI is InChI=1S/C11H19N3O/c1-11(2,8-12)10(15)13-6-9-4-5-14(3)7-9/h4-5,7H,6,8,12H2,1-3H3,(H,13,15). The third-order valence-corrected chi connectivity index (χ3v) is 2.47. The van der Waals surface area contributed by atoms with Crippen LogP contribution in [0.4, 0.5) is 0 Å². The van der Waals surface area contributed by atoms with Gasteiger partial charge in [0.2, 0.25) is 5.91 Å². The summed E-state index contributed by atoms with van der Waals surface area (Å²) in [6.45, 7) is 4.59. The van der Waals surface area contributed by atoms with Crippen LogP contribution in [0, 0.1) is 5.41 Å². The number of rotatable bonds is 4. The molecule has 0 unspecified atom stereocenters. The third kappa shape index (κ3) is 3.09. The van der Waals surface area contributed by atoms with Crippen LogP contribution in [0.25, 0.3) is 0 Å². The topological polar surface area (TPSA) is 60.0 Å². The lowest BCUT2D eigenvalue weighted by Crippen LogP contribution is -2.41. The van der Waals surface area contributed by atoms with Crippen LogP contribution in [0.5, 0.6) is 0 Å². The predicted molar refractivity (Wildman–Crippen MR) is 60.1 cm³/mol. The molecule has 0 bridgehead atoms. The van der Waals surface area contributed by atoms with E-state index in [0.29, 0.717) is 13.1 Å². The van der Waals surface area contributed by atoms with Crippen molar-refractivity contribution in [2.45, 2.75) is 20.4 Å². The number of aromatic nitrogens is 1. The molecule has 0 aromatic carbocycles. The zero-order valence-corrected chi connectivity index (χ0v) is 9.58. The molecule has 1 aromatic rings. The summed E-state index contributed by atoms with van der Waals surface area (Å²) in [5.41, 5.74) is 6.12. The minimum atomic E-state index is -0.491. The van der Waals surface area contributed by atoms with Gasteiger partial charge in [-0.3, -0.25) is 4.79 Å². The van der Waals surface area contributed by atoms with Gasteiger partial charge in [-0.05, 0) is 25.5 Å². The van der Waals surface area contributed by atoms with E-state index in [1.165, 1.54) is 0 Å². The molecule has 1 amide bonds. The maximum atomic E-state index is 11.7. The number of nitrogens with one attached hydrogen (secondary N) is 1. The number of hydrogen-bond donors (Lipinski definition) is 2. The van der Waals surface area contributed by atoms with Gasteiger partial charge in [0.25, 0.3) is 0 Å². The molecule has 4 nitrogen and oxygen atoms in total. The molecule has 15 heavy (non-hydrogen) atoms. The van der Waals surface area contributed by atoms with Crippen LogP contribution < -0.4 is 11.1 Å². The Hall–Kier alpha value is -1.29. The average Bonchev–Trinajstić information content (AvgIpc) is 2.60. The van der Waals surface area contributed by atoms with Crippen molar-refractivity contribution in [3.05, 3.63) is 24.0 Å². The molecule has 0 aliphatic heterocycles. The highest BCUT2D eigenvalue weighted by Crippen LogP contribution is 2.12. The second-order valence-electron chi connectivity index (χ2n) is 4.46. The maximum absolute atomic E-state index is 11.7. The lowest BCUT2D eigenvalue weighted by Gasteiger charge is -2.20. The van der Waals surface area contributed by atoms with Crippen molar-refractivity contribution in [3.63, 3.8) is 0 Å². The van der Waals surface area contributed by atoms with Gasteiger partial charge in [-0.2, -0.15) is 0 Å². The SMILES string of the molecule is Cn1ccc(CNC(=O)C(C)(C)CN)c1. The molecular formula is C11H19N3O. The number of carbonyl (C=O) groups excluding carboxylic acids is 1. The molecule has 0 fully saturated rings. The molecule has 4 heteroatoms. The first kappa shape index (κ1) is 11.8. The van der Waals surface area contributed by atoms with Gasteiger partial charge >= 0.3 is 0 Å². The summed E-state index contributed by atoms with van der Waals surface area (Å²) >= 11 is 0. The Kier molecular flexibility index (Phi) is 3.52. The van der Waals surface area contributed by atoms with Crippen LogP contribution in [0.15, 0.2) is 18.5 Å². The molecule has 1 rings (SSSR count). The Morgan fingerprint density at radius 2 is 2.27 bits per heavy atom. The normalized spacial score (nSPS) is 11.5. The second-order valence-corrected chi connectivity index (χ2v) is 4.46. The smallest absolute Gasteiger partial charge is 0.227 e. The molecule has 0 radical (unpaired) electrons. The average molecular weight is 209 g/mol. The number of carbonyl (C=O) groups is 1. The molecule has 0 saturated heterocycles. The summed E-state index contributed by atoms with van der Waals surface area (Å²) in [7, 11) is 1.95. The molecule has 0 aliphatic rings. The number of amides is 1. The van der Waals surface area contributed by atoms with E-state index in [1.54, 1.807) is 0 Å². The van der Waals surface area contributed by atoms with Crippen molar-refractivity contribution < 1.29 is 4.79 Å². The predicted octanol–water partition coefficient (Wildman–Crippen LogP) is 0.626. The fourth-order valence-corrected chi connectivity index (χ4v) is 1.18. The van der Waals surface area contributed by atoms with E-state index < -0.39 is 5.41 Å². The zero-order chi connectivity index (χ0) is 11.5. The molecule has 0 aliphatic carbocycles. The Morgan fingerprint density at radius 3 is 2.73 bits per heavy atom. The molecule has 3 N–H and O–H groups in total. The number of nitrogens with two attached hydrogens (primary N) is 1. The van der Waals surface area contributed by atoms with Crippen molar-refractivity contribution in [1.29, 1.82) is 0 Å². The fraction of sp³-hybridized carbons (Fsp3) is 0.545. The van der Waals surface area contributed by atoms with Crippen LogP contribution >= 0.6 is 0 Å². The quantitative estimate of drug-likeness (QED) is 0.764. The van der Waals surface area contributed by atoms with Gasteiger partial charge in [-0.1, -0.05) is 0 Å². The summed E-state index contributed by atoms with van der Waals surface area (Å²) < 4.78 is 1.95. The van der Waals surface area contributed by atoms with Crippen LogP contribution in [0.2, 0.25) is 0 Å². The van der Waals surface area contributed by atoms with Gasteiger partial charge in [0.05, 0.1) is 5.41 Å². The molecular weight excluding hydrogens is 190 g/mol. The first-order chi connectivity index (χ1) is 6.95. The Balaban J connectivity index is 2.47. The number of nitrogens with zero attached hydrogens (tertiary/aromatic N) is 1. The van der Waals surface area contributed by atoms with Crippen molar-refractivity contribution >= 4 is 5.91 Å². The van der Waals surface area contributed by atoms with E-state index in [0.717, 1.165) is 5.56 Å². The van der Waals surface area contributed by atoms with Crippen molar-refractivity contribution in [2.24, 2.45) is 18.2 Å². The Morgan fingerprint density at radius 1 is 1.60 bits per heavy atom. The lowest BCUT2D eigenvalue weighted by atomic mass is 9.93. The van der Waals surface area contributed by atoms with Crippen molar-refractivity contribution in [3.8, 4) is 0 Å². The van der Waals surface area contributed by atoms with E-state index >= 15 is 0 Å². The fourth-order valence-electron chi connectivity index (χ4n) is 1.18. The van der Waals surface area contributed by atoms with E-state index in [4.69, 9.17) is 5.73 Å². The molecule has 0 saturated carbocycles. The van der Waals surface area contributed by atoms with Crippen LogP contribution in [-0.2, 0) is 18.4 Å². The van der Waals surface area contributed by atoms with E-state index in [2.05, 4.69) is 5.32 Å². The van der Waals surface area contributed by atoms with Gasteiger partial charge in [0, 0.05) is 32.5 Å². The van der Waals surface area contributed by atoms with Crippen LogP contribution in [0.3, 0.4) is 0 Å². The monoisotopic (exact) mass is 209 g/mol. The van der Waals surface area contributed by atoms with Crippen LogP contribution in [-0.4, -0.2) is 17.0 Å². The minimum Gasteiger partial charge on any atom is -0.357 e. The van der Waals surface area contributed by atoms with Crippen LogP contribution in [0.1, 0.15) is 19.4 Å². The maximum Gasteiger partial charge on any atom is 0.227 e. The number of aryl methyl sites for hydroxylation is 1. The molecule has 1 aromatic heterocycles. The summed E-state index contributed by atoms with van der Waals surface area (Å²) in [5.74, 6) is -0.00569. The highest BCUT2D eigenvalue weighted by atomic mass is 16.2. The first-order valence-corrected chi connectivity index (χ1v) is 5.05. The number of hydrogen-bond acceptors (Lipinski definition) is 2. The summed E-state index contributed by atoms with van der Waals surface area (Å²) in [4.78, 5) is 11.7. The molecule has 1 heterocycles. The van der Waals surface area contributed by atoms with Gasteiger partial charge in [-0.15, -0.1) is 0 Å². The molecule has 0 spiro atoms. The van der Waals surface area contributed by atoms with E-state index in [-0.39, 0.29) is 5.91 Å². The van der Waals surface area contributed by atoms with Crippen molar-refractivity contribution in [2.75, 3.05) is 6.54 Å². The van der Waals surface area contributed by atoms with Gasteiger partial charge in [-0.25, -0.2) is 0 Å². The largest absolute Gasteiger partial charge is 0.357 e. The Bertz CT molecular complexity index is 341. The highest BCUT2D eigenvalue weighted by Gasteiger charge is 2.25. The van der Waals surface area contributed by atoms with Crippen molar-refractivity contribution in [1.82, 2.24) is 9.88 Å². The van der Waals surface area contributed by atoms with E-state index in [1.807, 2.05) is 43.9 Å². The minimum absolute atomic E-state index is 0.00569. The summed E-state index contributed by atoms with van der Waals surface area (Å²) in [5, 5.41) is 2.87. The third-order valence-electron chi connectivity index (χ3n) is 2.47. The summed E-state index contributed by atoms with van der Waals surface area (Å²) in [6.07, 6.45) is 3.94. The van der Waals surface area contributed by atoms with Gasteiger partial charge < -0.3 is 15.6 Å². The van der Waals surface area contributed by atoms with Gasteiger partial charge in [0.15, 0.2) is 0 Å². The summed E-state index contributed by atoms with van der Waals surface area (Å²) in [6, 6.07) is 1.98. The lowest BCUT2D eigenvalue weighted by molar-refractivity contribution is -0.129. The first-order valence-electron chi connectivity index (χ1n) is 5.05. The van der Waals surface area contributed by atoms with Gasteiger partial charge in [0.1, 0.15) is 0 Å².